The standard InChI is InChI=1S/C13H23NO3/c1-4-14(11-8-6-5-7-9-11)12(15)13(16)17-10(2)3/h10-11H,4-9H2,1-3H3. The predicted octanol–water partition coefficient (Wildman–Crippen LogP) is 2.12. The van der Waals surface area contributed by atoms with E-state index in [1.165, 1.54) is 6.42 Å². The fourth-order valence-corrected chi connectivity index (χ4v) is 2.34. The normalized spacial score (nSPS) is 16.9. The van der Waals surface area contributed by atoms with Gasteiger partial charge in [0.05, 0.1) is 6.10 Å². The summed E-state index contributed by atoms with van der Waals surface area (Å²) in [7, 11) is 0. The van der Waals surface area contributed by atoms with Gasteiger partial charge in [-0.1, -0.05) is 19.3 Å². The molecular formula is C13H23NO3. The summed E-state index contributed by atoms with van der Waals surface area (Å²) in [5, 5.41) is 0. The van der Waals surface area contributed by atoms with Crippen molar-refractivity contribution >= 4 is 11.9 Å². The Kier molecular flexibility index (Phi) is 5.45. The lowest BCUT2D eigenvalue weighted by Crippen LogP contribution is -2.45. The molecule has 0 aliphatic heterocycles. The van der Waals surface area contributed by atoms with E-state index in [1.807, 2.05) is 6.92 Å². The Labute approximate surface area is 103 Å². The van der Waals surface area contributed by atoms with Gasteiger partial charge in [-0.15, -0.1) is 0 Å². The molecule has 0 unspecified atom stereocenters. The van der Waals surface area contributed by atoms with Crippen molar-refractivity contribution in [2.24, 2.45) is 0 Å². The van der Waals surface area contributed by atoms with E-state index in [4.69, 9.17) is 4.74 Å². The third kappa shape index (κ3) is 4.02. The van der Waals surface area contributed by atoms with Gasteiger partial charge in [-0.25, -0.2) is 4.79 Å². The molecular weight excluding hydrogens is 218 g/mol. The fourth-order valence-electron chi connectivity index (χ4n) is 2.34. The highest BCUT2D eigenvalue weighted by Crippen LogP contribution is 2.22. The maximum absolute atomic E-state index is 12.0. The van der Waals surface area contributed by atoms with Gasteiger partial charge in [0.15, 0.2) is 0 Å². The Balaban J connectivity index is 2.59. The third-order valence-corrected chi connectivity index (χ3v) is 3.13. The van der Waals surface area contributed by atoms with Crippen LogP contribution in [-0.2, 0) is 14.3 Å². The summed E-state index contributed by atoms with van der Waals surface area (Å²) in [6.07, 6.45) is 5.31. The number of hydrogen-bond acceptors (Lipinski definition) is 3. The second-order valence-corrected chi connectivity index (χ2v) is 4.84. The van der Waals surface area contributed by atoms with Crippen LogP contribution in [0, 0.1) is 0 Å². The van der Waals surface area contributed by atoms with Crippen molar-refractivity contribution in [1.82, 2.24) is 4.90 Å². The zero-order chi connectivity index (χ0) is 12.8. The highest BCUT2D eigenvalue weighted by Gasteiger charge is 2.29. The Bertz CT molecular complexity index is 270. The topological polar surface area (TPSA) is 46.6 Å². The van der Waals surface area contributed by atoms with Crippen LogP contribution in [0.1, 0.15) is 52.9 Å². The summed E-state index contributed by atoms with van der Waals surface area (Å²) in [6.45, 7) is 6.00. The fraction of sp³-hybridized carbons (Fsp3) is 0.846. The molecule has 4 nitrogen and oxygen atoms in total. The van der Waals surface area contributed by atoms with Crippen molar-refractivity contribution < 1.29 is 14.3 Å². The van der Waals surface area contributed by atoms with E-state index in [0.717, 1.165) is 25.7 Å². The van der Waals surface area contributed by atoms with Crippen LogP contribution in [0.4, 0.5) is 0 Å². The molecule has 1 rings (SSSR count). The molecule has 0 heterocycles. The summed E-state index contributed by atoms with van der Waals surface area (Å²) in [6, 6.07) is 0.223. The number of nitrogens with zero attached hydrogens (tertiary/aromatic N) is 1. The molecule has 0 saturated heterocycles. The Morgan fingerprint density at radius 1 is 1.24 bits per heavy atom. The largest absolute Gasteiger partial charge is 0.456 e. The lowest BCUT2D eigenvalue weighted by Gasteiger charge is -2.32. The first-order valence-electron chi connectivity index (χ1n) is 6.57. The van der Waals surface area contributed by atoms with Gasteiger partial charge >= 0.3 is 11.9 Å². The average molecular weight is 241 g/mol. The molecule has 4 heteroatoms. The first kappa shape index (κ1) is 14.0. The van der Waals surface area contributed by atoms with Gasteiger partial charge in [0, 0.05) is 12.6 Å². The molecule has 1 amide bonds. The minimum Gasteiger partial charge on any atom is -0.456 e. The summed E-state index contributed by atoms with van der Waals surface area (Å²) < 4.78 is 4.96. The van der Waals surface area contributed by atoms with Crippen molar-refractivity contribution in [3.8, 4) is 0 Å². The molecule has 1 aliphatic rings. The second kappa shape index (κ2) is 6.62. The van der Waals surface area contributed by atoms with Gasteiger partial charge in [0.1, 0.15) is 0 Å². The molecule has 1 saturated carbocycles. The molecule has 0 aromatic heterocycles. The number of hydrogen-bond donors (Lipinski definition) is 0. The summed E-state index contributed by atoms with van der Waals surface area (Å²) >= 11 is 0. The molecule has 0 bridgehead atoms. The van der Waals surface area contributed by atoms with E-state index in [9.17, 15) is 9.59 Å². The molecule has 0 aromatic carbocycles. The number of amides is 1. The molecule has 98 valence electrons. The van der Waals surface area contributed by atoms with E-state index in [2.05, 4.69) is 0 Å². The van der Waals surface area contributed by atoms with Crippen LogP contribution in [0.15, 0.2) is 0 Å². The predicted molar refractivity (Wildman–Crippen MR) is 65.5 cm³/mol. The number of carbonyl (C=O) groups is 2. The third-order valence-electron chi connectivity index (χ3n) is 3.13. The van der Waals surface area contributed by atoms with E-state index in [0.29, 0.717) is 6.54 Å². The van der Waals surface area contributed by atoms with Crippen molar-refractivity contribution in [1.29, 1.82) is 0 Å². The van der Waals surface area contributed by atoms with Crippen LogP contribution < -0.4 is 0 Å². The van der Waals surface area contributed by atoms with Crippen molar-refractivity contribution in [2.75, 3.05) is 6.54 Å². The molecule has 1 aliphatic carbocycles. The zero-order valence-corrected chi connectivity index (χ0v) is 11.1. The van der Waals surface area contributed by atoms with Crippen LogP contribution >= 0.6 is 0 Å². The molecule has 1 fully saturated rings. The Morgan fingerprint density at radius 2 is 1.82 bits per heavy atom. The van der Waals surface area contributed by atoms with Crippen LogP contribution in [0.5, 0.6) is 0 Å². The van der Waals surface area contributed by atoms with Crippen molar-refractivity contribution in [3.63, 3.8) is 0 Å². The average Bonchev–Trinajstić information content (AvgIpc) is 2.30. The van der Waals surface area contributed by atoms with Crippen LogP contribution in [0.25, 0.3) is 0 Å². The first-order valence-corrected chi connectivity index (χ1v) is 6.57. The number of rotatable bonds is 3. The van der Waals surface area contributed by atoms with Gasteiger partial charge in [0.2, 0.25) is 0 Å². The molecule has 0 aromatic rings. The summed E-state index contributed by atoms with van der Waals surface area (Å²) in [5.41, 5.74) is 0. The van der Waals surface area contributed by atoms with Crippen LogP contribution in [0.2, 0.25) is 0 Å². The zero-order valence-electron chi connectivity index (χ0n) is 11.1. The van der Waals surface area contributed by atoms with E-state index in [-0.39, 0.29) is 12.1 Å². The van der Waals surface area contributed by atoms with E-state index in [1.54, 1.807) is 18.7 Å². The highest BCUT2D eigenvalue weighted by molar-refractivity contribution is 6.32. The minimum absolute atomic E-state index is 0.223. The molecule has 0 spiro atoms. The number of esters is 1. The lowest BCUT2D eigenvalue weighted by molar-refractivity contribution is -0.164. The second-order valence-electron chi connectivity index (χ2n) is 4.84. The Morgan fingerprint density at radius 3 is 2.29 bits per heavy atom. The molecule has 0 atom stereocenters. The molecule has 0 radical (unpaired) electrons. The Hall–Kier alpha value is -1.06. The maximum Gasteiger partial charge on any atom is 0.397 e. The van der Waals surface area contributed by atoms with Gasteiger partial charge in [-0.2, -0.15) is 0 Å². The smallest absolute Gasteiger partial charge is 0.397 e. The quantitative estimate of drug-likeness (QED) is 0.561. The van der Waals surface area contributed by atoms with Crippen molar-refractivity contribution in [3.05, 3.63) is 0 Å². The number of likely N-dealkylation sites (N-methyl/N-ethyl adjacent to an activating group) is 1. The van der Waals surface area contributed by atoms with Crippen molar-refractivity contribution in [2.45, 2.75) is 65.0 Å². The summed E-state index contributed by atoms with van der Waals surface area (Å²) in [4.78, 5) is 25.2. The van der Waals surface area contributed by atoms with E-state index < -0.39 is 11.9 Å². The van der Waals surface area contributed by atoms with Crippen LogP contribution in [-0.4, -0.2) is 35.5 Å². The number of ether oxygens (including phenoxy) is 1. The van der Waals surface area contributed by atoms with Crippen LogP contribution in [0.3, 0.4) is 0 Å². The molecule has 0 N–H and O–H groups in total. The maximum atomic E-state index is 12.0. The minimum atomic E-state index is -0.715. The molecule has 17 heavy (non-hydrogen) atoms. The SMILES string of the molecule is CCN(C(=O)C(=O)OC(C)C)C1CCCCC1. The monoisotopic (exact) mass is 241 g/mol. The van der Waals surface area contributed by atoms with Gasteiger partial charge in [-0.3, -0.25) is 4.79 Å². The van der Waals surface area contributed by atoms with Gasteiger partial charge in [0.25, 0.3) is 0 Å². The van der Waals surface area contributed by atoms with Gasteiger partial charge in [-0.05, 0) is 33.6 Å². The van der Waals surface area contributed by atoms with Gasteiger partial charge < -0.3 is 9.64 Å². The number of carbonyl (C=O) groups excluding carboxylic acids is 2. The lowest BCUT2D eigenvalue weighted by atomic mass is 9.94. The highest BCUT2D eigenvalue weighted by atomic mass is 16.5. The first-order chi connectivity index (χ1) is 8.06. The van der Waals surface area contributed by atoms with E-state index >= 15 is 0 Å². The summed E-state index contributed by atoms with van der Waals surface area (Å²) in [5.74, 6) is -1.19.